The minimum absolute atomic E-state index is 0.141. The van der Waals surface area contributed by atoms with Crippen LogP contribution in [-0.4, -0.2) is 37.0 Å². The SMILES string of the molecule is CC[C@]1(C(=O)NC[C@H](C)SC)CCNC1. The Labute approximate surface area is 96.8 Å². The molecule has 1 fully saturated rings. The second kappa shape index (κ2) is 5.75. The number of carbonyl (C=O) groups excluding carboxylic acids is 1. The van der Waals surface area contributed by atoms with Gasteiger partial charge < -0.3 is 10.6 Å². The van der Waals surface area contributed by atoms with Crippen LogP contribution in [0.4, 0.5) is 0 Å². The van der Waals surface area contributed by atoms with Gasteiger partial charge in [0.2, 0.25) is 5.91 Å². The average Bonchev–Trinajstić information content (AvgIpc) is 2.75. The van der Waals surface area contributed by atoms with Crippen LogP contribution in [0, 0.1) is 5.41 Å². The predicted octanol–water partition coefficient (Wildman–Crippen LogP) is 1.24. The van der Waals surface area contributed by atoms with Crippen LogP contribution in [-0.2, 0) is 4.79 Å². The quantitative estimate of drug-likeness (QED) is 0.747. The first-order valence-electron chi connectivity index (χ1n) is 5.66. The van der Waals surface area contributed by atoms with E-state index in [1.165, 1.54) is 0 Å². The molecule has 0 aliphatic carbocycles. The normalized spacial score (nSPS) is 27.7. The van der Waals surface area contributed by atoms with E-state index in [1.54, 1.807) is 11.8 Å². The van der Waals surface area contributed by atoms with Crippen LogP contribution in [0.5, 0.6) is 0 Å². The largest absolute Gasteiger partial charge is 0.354 e. The Morgan fingerprint density at radius 2 is 2.40 bits per heavy atom. The monoisotopic (exact) mass is 230 g/mol. The van der Waals surface area contributed by atoms with Gasteiger partial charge >= 0.3 is 0 Å². The van der Waals surface area contributed by atoms with Crippen LogP contribution in [0.1, 0.15) is 26.7 Å². The molecule has 2 N–H and O–H groups in total. The molecule has 0 aromatic heterocycles. The van der Waals surface area contributed by atoms with Crippen molar-refractivity contribution in [2.75, 3.05) is 25.9 Å². The molecular weight excluding hydrogens is 208 g/mol. The van der Waals surface area contributed by atoms with Gasteiger partial charge in [0.1, 0.15) is 0 Å². The van der Waals surface area contributed by atoms with Crippen molar-refractivity contribution in [3.05, 3.63) is 0 Å². The molecule has 1 aliphatic heterocycles. The van der Waals surface area contributed by atoms with Crippen molar-refractivity contribution in [3.8, 4) is 0 Å². The zero-order valence-electron chi connectivity index (χ0n) is 9.93. The lowest BCUT2D eigenvalue weighted by Crippen LogP contribution is -2.43. The molecule has 1 aliphatic rings. The van der Waals surface area contributed by atoms with Crippen molar-refractivity contribution in [3.63, 3.8) is 0 Å². The summed E-state index contributed by atoms with van der Waals surface area (Å²) in [4.78, 5) is 12.1. The lowest BCUT2D eigenvalue weighted by Gasteiger charge is -2.25. The first kappa shape index (κ1) is 12.8. The molecule has 2 atom stereocenters. The molecular formula is C11H22N2OS. The summed E-state index contributed by atoms with van der Waals surface area (Å²) in [5.74, 6) is 0.232. The van der Waals surface area contributed by atoms with E-state index in [0.29, 0.717) is 5.25 Å². The second-order valence-electron chi connectivity index (χ2n) is 4.32. The fourth-order valence-corrected chi connectivity index (χ4v) is 2.16. The zero-order valence-corrected chi connectivity index (χ0v) is 10.7. The Bertz CT molecular complexity index is 215. The van der Waals surface area contributed by atoms with E-state index >= 15 is 0 Å². The van der Waals surface area contributed by atoms with Gasteiger partial charge in [-0.25, -0.2) is 0 Å². The highest BCUT2D eigenvalue weighted by Crippen LogP contribution is 2.29. The minimum Gasteiger partial charge on any atom is -0.354 e. The summed E-state index contributed by atoms with van der Waals surface area (Å²) in [6.07, 6.45) is 3.98. The number of hydrogen-bond donors (Lipinski definition) is 2. The standard InChI is InChI=1S/C11H22N2OS/c1-4-11(5-6-12-8-11)10(14)13-7-9(2)15-3/h9,12H,4-8H2,1-3H3,(H,13,14)/t9-,11-/m0/s1. The van der Waals surface area contributed by atoms with Gasteiger partial charge in [0.05, 0.1) is 5.41 Å². The van der Waals surface area contributed by atoms with Gasteiger partial charge in [-0.15, -0.1) is 0 Å². The maximum Gasteiger partial charge on any atom is 0.227 e. The molecule has 88 valence electrons. The van der Waals surface area contributed by atoms with E-state index in [0.717, 1.165) is 32.5 Å². The molecule has 0 bridgehead atoms. The van der Waals surface area contributed by atoms with E-state index < -0.39 is 0 Å². The molecule has 15 heavy (non-hydrogen) atoms. The van der Waals surface area contributed by atoms with Gasteiger partial charge in [0, 0.05) is 18.3 Å². The van der Waals surface area contributed by atoms with Crippen molar-refractivity contribution in [2.24, 2.45) is 5.41 Å². The summed E-state index contributed by atoms with van der Waals surface area (Å²) in [6, 6.07) is 0. The number of hydrogen-bond acceptors (Lipinski definition) is 3. The van der Waals surface area contributed by atoms with Gasteiger partial charge in [-0.1, -0.05) is 13.8 Å². The summed E-state index contributed by atoms with van der Waals surface area (Å²) in [7, 11) is 0. The molecule has 0 unspecified atom stereocenters. The Morgan fingerprint density at radius 1 is 1.67 bits per heavy atom. The molecule has 1 saturated heterocycles. The maximum atomic E-state index is 12.1. The number of nitrogens with one attached hydrogen (secondary N) is 2. The predicted molar refractivity (Wildman–Crippen MR) is 66.2 cm³/mol. The van der Waals surface area contributed by atoms with Crippen molar-refractivity contribution in [1.29, 1.82) is 0 Å². The van der Waals surface area contributed by atoms with Gasteiger partial charge in [-0.3, -0.25) is 4.79 Å². The molecule has 3 nitrogen and oxygen atoms in total. The molecule has 0 radical (unpaired) electrons. The third-order valence-electron chi connectivity index (χ3n) is 3.35. The van der Waals surface area contributed by atoms with Crippen LogP contribution in [0.3, 0.4) is 0 Å². The van der Waals surface area contributed by atoms with Gasteiger partial charge in [-0.05, 0) is 25.6 Å². The number of rotatable bonds is 5. The highest BCUT2D eigenvalue weighted by atomic mass is 32.2. The third kappa shape index (κ3) is 3.11. The average molecular weight is 230 g/mol. The molecule has 0 saturated carbocycles. The first-order valence-corrected chi connectivity index (χ1v) is 6.95. The Kier molecular flexibility index (Phi) is 4.93. The smallest absolute Gasteiger partial charge is 0.227 e. The first-order chi connectivity index (χ1) is 7.14. The van der Waals surface area contributed by atoms with Crippen molar-refractivity contribution in [2.45, 2.75) is 31.9 Å². The highest BCUT2D eigenvalue weighted by molar-refractivity contribution is 7.99. The summed E-state index contributed by atoms with van der Waals surface area (Å²) < 4.78 is 0. The summed E-state index contributed by atoms with van der Waals surface area (Å²) in [6.45, 7) is 6.82. The van der Waals surface area contributed by atoms with Crippen molar-refractivity contribution in [1.82, 2.24) is 10.6 Å². The van der Waals surface area contributed by atoms with E-state index in [9.17, 15) is 4.79 Å². The van der Waals surface area contributed by atoms with Crippen LogP contribution in [0.2, 0.25) is 0 Å². The van der Waals surface area contributed by atoms with Crippen LogP contribution in [0.25, 0.3) is 0 Å². The minimum atomic E-state index is -0.141. The molecule has 0 spiro atoms. The zero-order chi connectivity index (χ0) is 11.3. The molecule has 0 aromatic carbocycles. The van der Waals surface area contributed by atoms with Crippen LogP contribution in [0.15, 0.2) is 0 Å². The lowest BCUT2D eigenvalue weighted by molar-refractivity contribution is -0.130. The number of amides is 1. The van der Waals surface area contributed by atoms with Crippen molar-refractivity contribution < 1.29 is 4.79 Å². The van der Waals surface area contributed by atoms with Crippen LogP contribution < -0.4 is 10.6 Å². The summed E-state index contributed by atoms with van der Waals surface area (Å²) >= 11 is 1.79. The van der Waals surface area contributed by atoms with E-state index in [1.807, 2.05) is 0 Å². The number of thioether (sulfide) groups is 1. The van der Waals surface area contributed by atoms with Crippen LogP contribution >= 0.6 is 11.8 Å². The molecule has 1 rings (SSSR count). The molecule has 1 amide bonds. The van der Waals surface area contributed by atoms with E-state index in [2.05, 4.69) is 30.7 Å². The van der Waals surface area contributed by atoms with E-state index in [-0.39, 0.29) is 11.3 Å². The number of carbonyl (C=O) groups is 1. The fraction of sp³-hybridized carbons (Fsp3) is 0.909. The van der Waals surface area contributed by atoms with E-state index in [4.69, 9.17) is 0 Å². The van der Waals surface area contributed by atoms with Gasteiger partial charge in [-0.2, -0.15) is 11.8 Å². The Balaban J connectivity index is 2.44. The Hall–Kier alpha value is -0.220. The topological polar surface area (TPSA) is 41.1 Å². The highest BCUT2D eigenvalue weighted by Gasteiger charge is 2.39. The second-order valence-corrected chi connectivity index (χ2v) is 5.59. The molecule has 1 heterocycles. The van der Waals surface area contributed by atoms with Crippen molar-refractivity contribution >= 4 is 17.7 Å². The molecule has 0 aromatic rings. The van der Waals surface area contributed by atoms with Gasteiger partial charge in [0.25, 0.3) is 0 Å². The third-order valence-corrected chi connectivity index (χ3v) is 4.33. The fourth-order valence-electron chi connectivity index (χ4n) is 1.91. The molecule has 4 heteroatoms. The lowest BCUT2D eigenvalue weighted by atomic mass is 9.83. The summed E-state index contributed by atoms with van der Waals surface area (Å²) in [5, 5.41) is 6.85. The Morgan fingerprint density at radius 3 is 2.87 bits per heavy atom. The van der Waals surface area contributed by atoms with Gasteiger partial charge in [0.15, 0.2) is 0 Å². The summed E-state index contributed by atoms with van der Waals surface area (Å²) in [5.41, 5.74) is -0.141. The maximum absolute atomic E-state index is 12.1.